The van der Waals surface area contributed by atoms with E-state index >= 15 is 0 Å². The molecule has 5 nitrogen and oxygen atoms in total. The Morgan fingerprint density at radius 3 is 2.60 bits per heavy atom. The molecule has 1 aromatic carbocycles. The number of likely N-dealkylation sites (tertiary alicyclic amines) is 1. The van der Waals surface area contributed by atoms with Gasteiger partial charge in [0.15, 0.2) is 0 Å². The summed E-state index contributed by atoms with van der Waals surface area (Å²) in [4.78, 5) is 26.4. The zero-order valence-corrected chi connectivity index (χ0v) is 15.0. The highest BCUT2D eigenvalue weighted by Crippen LogP contribution is 2.35. The van der Waals surface area contributed by atoms with E-state index in [0.29, 0.717) is 30.7 Å². The molecule has 1 amide bonds. The van der Waals surface area contributed by atoms with E-state index in [1.807, 2.05) is 12.1 Å². The van der Waals surface area contributed by atoms with E-state index < -0.39 is 0 Å². The minimum Gasteiger partial charge on any atom is -0.462 e. The predicted octanol–water partition coefficient (Wildman–Crippen LogP) is 3.46. The van der Waals surface area contributed by atoms with Gasteiger partial charge >= 0.3 is 5.97 Å². The Bertz CT molecular complexity index is 597. The zero-order valence-electron chi connectivity index (χ0n) is 15.0. The summed E-state index contributed by atoms with van der Waals surface area (Å²) >= 11 is 0. The maximum atomic E-state index is 12.7. The Morgan fingerprint density at radius 1 is 1.12 bits per heavy atom. The van der Waals surface area contributed by atoms with Gasteiger partial charge in [-0.15, -0.1) is 0 Å². The van der Waals surface area contributed by atoms with Crippen molar-refractivity contribution in [2.45, 2.75) is 51.5 Å². The molecule has 136 valence electrons. The first kappa shape index (κ1) is 17.8. The molecule has 0 spiro atoms. The lowest BCUT2D eigenvalue weighted by Crippen LogP contribution is -2.51. The van der Waals surface area contributed by atoms with E-state index in [1.54, 1.807) is 19.1 Å². The molecule has 0 radical (unpaired) electrons. The number of hydrogen-bond donors (Lipinski definition) is 1. The quantitative estimate of drug-likeness (QED) is 0.831. The number of fused-ring (bicyclic) bond motifs is 1. The van der Waals surface area contributed by atoms with Gasteiger partial charge in [0.25, 0.3) is 0 Å². The minimum atomic E-state index is -0.318. The number of nitrogens with zero attached hydrogens (tertiary/aromatic N) is 1. The first-order valence-electron chi connectivity index (χ1n) is 9.49. The number of ether oxygens (including phenoxy) is 1. The second-order valence-corrected chi connectivity index (χ2v) is 6.99. The number of carbonyl (C=O) groups is 2. The summed E-state index contributed by atoms with van der Waals surface area (Å²) in [6.45, 7) is 3.35. The van der Waals surface area contributed by atoms with Gasteiger partial charge in [-0.25, -0.2) is 4.79 Å². The highest BCUT2D eigenvalue weighted by atomic mass is 16.5. The van der Waals surface area contributed by atoms with Crippen molar-refractivity contribution in [1.82, 2.24) is 4.90 Å². The lowest BCUT2D eigenvalue weighted by Gasteiger charge is -2.44. The van der Waals surface area contributed by atoms with Crippen molar-refractivity contribution in [3.63, 3.8) is 0 Å². The van der Waals surface area contributed by atoms with Gasteiger partial charge in [0, 0.05) is 18.3 Å². The molecule has 1 N–H and O–H groups in total. The Kier molecular flexibility index (Phi) is 5.95. The van der Waals surface area contributed by atoms with Crippen molar-refractivity contribution in [2.24, 2.45) is 5.92 Å². The van der Waals surface area contributed by atoms with E-state index in [4.69, 9.17) is 4.74 Å². The van der Waals surface area contributed by atoms with Crippen LogP contribution in [0.15, 0.2) is 24.3 Å². The van der Waals surface area contributed by atoms with Crippen molar-refractivity contribution < 1.29 is 14.3 Å². The van der Waals surface area contributed by atoms with E-state index in [1.165, 1.54) is 25.7 Å². The van der Waals surface area contributed by atoms with Crippen molar-refractivity contribution in [2.75, 3.05) is 25.0 Å². The molecule has 2 aliphatic rings. The summed E-state index contributed by atoms with van der Waals surface area (Å²) in [5, 5.41) is 3.19. The van der Waals surface area contributed by atoms with Gasteiger partial charge in [-0.1, -0.05) is 12.8 Å². The third-order valence-electron chi connectivity index (χ3n) is 5.40. The van der Waals surface area contributed by atoms with Gasteiger partial charge in [0.2, 0.25) is 5.91 Å². The molecule has 5 heteroatoms. The Labute approximate surface area is 149 Å². The van der Waals surface area contributed by atoms with Crippen LogP contribution in [-0.4, -0.2) is 42.5 Å². The number of hydrogen-bond acceptors (Lipinski definition) is 4. The van der Waals surface area contributed by atoms with E-state index in [2.05, 4.69) is 10.2 Å². The molecule has 2 unspecified atom stereocenters. The number of benzene rings is 1. The third kappa shape index (κ3) is 4.33. The van der Waals surface area contributed by atoms with Crippen molar-refractivity contribution in [3.05, 3.63) is 29.8 Å². The van der Waals surface area contributed by atoms with Gasteiger partial charge in [0.05, 0.1) is 18.7 Å². The molecule has 1 aromatic rings. The molecule has 1 heterocycles. The molecule has 3 rings (SSSR count). The van der Waals surface area contributed by atoms with E-state index in [-0.39, 0.29) is 11.9 Å². The van der Waals surface area contributed by atoms with Crippen LogP contribution in [0.4, 0.5) is 5.69 Å². The first-order valence-corrected chi connectivity index (χ1v) is 9.49. The lowest BCUT2D eigenvalue weighted by molar-refractivity contribution is -0.135. The summed E-state index contributed by atoms with van der Waals surface area (Å²) in [5.41, 5.74) is 1.37. The fraction of sp³-hybridized carbons (Fsp3) is 0.600. The molecular formula is C20H28N2O3. The van der Waals surface area contributed by atoms with Crippen LogP contribution in [0.2, 0.25) is 0 Å². The van der Waals surface area contributed by atoms with Crippen molar-refractivity contribution in [1.29, 1.82) is 0 Å². The van der Waals surface area contributed by atoms with E-state index in [0.717, 1.165) is 25.1 Å². The van der Waals surface area contributed by atoms with Crippen LogP contribution in [0.1, 0.15) is 55.8 Å². The molecule has 1 saturated heterocycles. The second-order valence-electron chi connectivity index (χ2n) is 6.99. The van der Waals surface area contributed by atoms with Crippen LogP contribution < -0.4 is 5.32 Å². The summed E-state index contributed by atoms with van der Waals surface area (Å²) in [7, 11) is 0. The smallest absolute Gasteiger partial charge is 0.338 e. The number of piperidine rings is 1. The average molecular weight is 344 g/mol. The molecule has 25 heavy (non-hydrogen) atoms. The summed E-state index contributed by atoms with van der Waals surface area (Å²) in [5.74, 6) is 0.572. The maximum Gasteiger partial charge on any atom is 0.338 e. The van der Waals surface area contributed by atoms with Crippen LogP contribution >= 0.6 is 0 Å². The first-order chi connectivity index (χ1) is 12.2. The minimum absolute atomic E-state index is 0.186. The monoisotopic (exact) mass is 344 g/mol. The van der Waals surface area contributed by atoms with Crippen molar-refractivity contribution in [3.8, 4) is 0 Å². The van der Waals surface area contributed by atoms with Crippen LogP contribution in [0.5, 0.6) is 0 Å². The van der Waals surface area contributed by atoms with Crippen LogP contribution in [0.3, 0.4) is 0 Å². The molecular weight excluding hydrogens is 316 g/mol. The summed E-state index contributed by atoms with van der Waals surface area (Å²) < 4.78 is 4.98. The lowest BCUT2D eigenvalue weighted by atomic mass is 9.78. The average Bonchev–Trinajstić information content (AvgIpc) is 2.66. The molecule has 0 bridgehead atoms. The van der Waals surface area contributed by atoms with Gasteiger partial charge < -0.3 is 15.0 Å². The molecule has 1 aliphatic carbocycles. The standard InChI is InChI=1S/C20H28N2O3/c1-2-25-20(24)16-9-11-17(12-10-16)21-14-19(23)22-13-5-7-15-6-3-4-8-18(15)22/h9-12,15,18,21H,2-8,13-14H2,1H3. The highest BCUT2D eigenvalue weighted by molar-refractivity contribution is 5.90. The molecule has 1 saturated carbocycles. The number of rotatable bonds is 5. The van der Waals surface area contributed by atoms with Crippen LogP contribution in [-0.2, 0) is 9.53 Å². The fourth-order valence-electron chi connectivity index (χ4n) is 4.15. The highest BCUT2D eigenvalue weighted by Gasteiger charge is 2.35. The molecule has 1 aliphatic heterocycles. The SMILES string of the molecule is CCOC(=O)c1ccc(NCC(=O)N2CCCC3CCCCC32)cc1. The van der Waals surface area contributed by atoms with Gasteiger partial charge in [-0.2, -0.15) is 0 Å². The van der Waals surface area contributed by atoms with Crippen molar-refractivity contribution >= 4 is 17.6 Å². The predicted molar refractivity (Wildman–Crippen MR) is 97.6 cm³/mol. The second kappa shape index (κ2) is 8.37. The maximum absolute atomic E-state index is 12.7. The Morgan fingerprint density at radius 2 is 1.84 bits per heavy atom. The number of anilines is 1. The van der Waals surface area contributed by atoms with Gasteiger partial charge in [-0.05, 0) is 62.8 Å². The van der Waals surface area contributed by atoms with Gasteiger partial charge in [-0.3, -0.25) is 4.79 Å². The number of esters is 1. The largest absolute Gasteiger partial charge is 0.462 e. The van der Waals surface area contributed by atoms with E-state index in [9.17, 15) is 9.59 Å². The van der Waals surface area contributed by atoms with Crippen LogP contribution in [0.25, 0.3) is 0 Å². The summed E-state index contributed by atoms with van der Waals surface area (Å²) in [6.07, 6.45) is 7.39. The third-order valence-corrected chi connectivity index (χ3v) is 5.40. The number of carbonyl (C=O) groups excluding carboxylic acids is 2. The topological polar surface area (TPSA) is 58.6 Å². The zero-order chi connectivity index (χ0) is 17.6. The Balaban J connectivity index is 1.54. The molecule has 2 fully saturated rings. The van der Waals surface area contributed by atoms with Crippen LogP contribution in [0, 0.1) is 5.92 Å². The Hall–Kier alpha value is -2.04. The number of nitrogens with one attached hydrogen (secondary N) is 1. The molecule has 0 aromatic heterocycles. The fourth-order valence-corrected chi connectivity index (χ4v) is 4.15. The normalized spacial score (nSPS) is 22.8. The number of amides is 1. The summed E-state index contributed by atoms with van der Waals surface area (Å²) in [6, 6.07) is 7.53. The van der Waals surface area contributed by atoms with Gasteiger partial charge in [0.1, 0.15) is 0 Å². The molecule has 2 atom stereocenters.